The van der Waals surface area contributed by atoms with Gasteiger partial charge in [0.1, 0.15) is 28.1 Å². The number of hydrogen-bond acceptors (Lipinski definition) is 20. The molecule has 2 aromatic carbocycles. The molecule has 0 saturated heterocycles. The van der Waals surface area contributed by atoms with Crippen molar-refractivity contribution in [2.45, 2.75) is 209 Å². The van der Waals surface area contributed by atoms with E-state index < -0.39 is 82.3 Å². The normalized spacial score (nSPS) is 12.9. The molecule has 0 aliphatic heterocycles. The van der Waals surface area contributed by atoms with Crippen LogP contribution in [0.2, 0.25) is 36.3 Å². The Morgan fingerprint density at radius 1 is 0.500 bits per heavy atom. The maximum atomic E-state index is 13.6. The highest BCUT2D eigenvalue weighted by molar-refractivity contribution is 14.1. The van der Waals surface area contributed by atoms with Crippen molar-refractivity contribution in [3.05, 3.63) is 149 Å². The van der Waals surface area contributed by atoms with Gasteiger partial charge in [-0.1, -0.05) is 102 Å². The van der Waals surface area contributed by atoms with Crippen LogP contribution in [-0.2, 0) is 27.8 Å². The first-order valence-corrected chi connectivity index (χ1v) is 41.9. The van der Waals surface area contributed by atoms with Gasteiger partial charge in [0.15, 0.2) is 22.3 Å². The topological polar surface area (TPSA) is 316 Å². The SMILES string of the molecule is CC(C)(C)OC(=O)N(CCO[Si](C)(C)C(C)(C)C)c1cnc2c(c1)c(I)cn2C(=O)OC(C)(C)C.C[C@@H](NC(=O)c1ncc(B(O)O)cn1)c1ccccc1.C[C@H](NC(=O)c1ncc(-c2cn(C(=O)OC(C)(C)C)c3ncc(N(CCO[Si](C)(C)C(C)(C)C)C(=O)OC(C)(C)C)cc23)cn1)c1ccccc1. The van der Waals surface area contributed by atoms with Gasteiger partial charge in [0, 0.05) is 68.1 Å². The lowest BCUT2D eigenvalue weighted by atomic mass is 9.83. The molecule has 30 heteroatoms. The predicted molar refractivity (Wildman–Crippen MR) is 426 cm³/mol. The lowest BCUT2D eigenvalue weighted by molar-refractivity contribution is 0.0532. The molecule has 8 rings (SSSR count). The molecule has 572 valence electrons. The van der Waals surface area contributed by atoms with Crippen LogP contribution in [0.1, 0.15) is 183 Å². The molecule has 0 aliphatic rings. The number of halogens is 1. The second kappa shape index (κ2) is 35.0. The summed E-state index contributed by atoms with van der Waals surface area (Å²) in [4.78, 5) is 106. The summed E-state index contributed by atoms with van der Waals surface area (Å²) in [5.74, 6) is -0.863. The molecule has 0 saturated carbocycles. The Bertz CT molecular complexity index is 4330. The van der Waals surface area contributed by atoms with Crippen LogP contribution in [0.4, 0.5) is 30.6 Å². The zero-order valence-electron chi connectivity index (χ0n) is 65.8. The van der Waals surface area contributed by atoms with Gasteiger partial charge in [-0.2, -0.15) is 0 Å². The van der Waals surface area contributed by atoms with Crippen LogP contribution in [0.15, 0.2) is 122 Å². The number of amides is 4. The fourth-order valence-electron chi connectivity index (χ4n) is 9.43. The van der Waals surface area contributed by atoms with Crippen LogP contribution in [0, 0.1) is 3.57 Å². The van der Waals surface area contributed by atoms with E-state index in [9.17, 15) is 28.8 Å². The van der Waals surface area contributed by atoms with Crippen LogP contribution in [0.5, 0.6) is 0 Å². The number of fused-ring (bicyclic) bond motifs is 2. The van der Waals surface area contributed by atoms with Gasteiger partial charge in [-0.15, -0.1) is 0 Å². The lowest BCUT2D eigenvalue weighted by Gasteiger charge is -2.37. The van der Waals surface area contributed by atoms with Gasteiger partial charge in [0.25, 0.3) is 11.8 Å². The van der Waals surface area contributed by atoms with Crippen LogP contribution in [-0.4, -0.2) is 158 Å². The number of nitrogens with one attached hydrogen (secondary N) is 2. The summed E-state index contributed by atoms with van der Waals surface area (Å²) in [6.07, 6.45) is 9.70. The highest BCUT2D eigenvalue weighted by Gasteiger charge is 2.39. The Balaban J connectivity index is 0.000000275. The summed E-state index contributed by atoms with van der Waals surface area (Å²) >= 11 is 2.15. The van der Waals surface area contributed by atoms with Gasteiger partial charge >= 0.3 is 31.5 Å². The average Bonchev–Trinajstić information content (AvgIpc) is 1.61. The molecule has 8 aromatic rings. The van der Waals surface area contributed by atoms with Crippen molar-refractivity contribution in [2.75, 3.05) is 36.1 Å². The van der Waals surface area contributed by atoms with Crippen LogP contribution >= 0.6 is 22.6 Å². The lowest BCUT2D eigenvalue weighted by Crippen LogP contribution is -2.44. The molecule has 0 bridgehead atoms. The molecule has 4 N–H and O–H groups in total. The van der Waals surface area contributed by atoms with E-state index in [-0.39, 0.29) is 45.8 Å². The Morgan fingerprint density at radius 2 is 0.849 bits per heavy atom. The molecular formula is C76H106BIN12O14Si2. The number of carbonyl (C=O) groups is 6. The van der Waals surface area contributed by atoms with Crippen molar-refractivity contribution >= 4 is 121 Å². The third-order valence-corrected chi connectivity index (χ3v) is 27.0. The van der Waals surface area contributed by atoms with Crippen molar-refractivity contribution in [2.24, 2.45) is 0 Å². The van der Waals surface area contributed by atoms with E-state index in [0.29, 0.717) is 58.9 Å². The molecule has 0 spiro atoms. The molecule has 106 heavy (non-hydrogen) atoms. The number of hydrogen-bond donors (Lipinski definition) is 4. The average molecular weight is 1610 g/mol. The molecule has 0 unspecified atom stereocenters. The minimum atomic E-state index is -2.11. The van der Waals surface area contributed by atoms with Crippen molar-refractivity contribution in [1.82, 2.24) is 49.7 Å². The molecule has 6 heterocycles. The minimum Gasteiger partial charge on any atom is -0.443 e. The first-order valence-electron chi connectivity index (χ1n) is 35.0. The summed E-state index contributed by atoms with van der Waals surface area (Å²) in [6, 6.07) is 22.3. The van der Waals surface area contributed by atoms with Crippen molar-refractivity contribution in [3.8, 4) is 11.1 Å². The number of carbonyl (C=O) groups excluding carboxylic acids is 6. The summed E-state index contributed by atoms with van der Waals surface area (Å²) in [5, 5.41) is 24.9. The fourth-order valence-corrected chi connectivity index (χ4v) is 12.2. The van der Waals surface area contributed by atoms with Gasteiger partial charge in [-0.25, -0.2) is 58.2 Å². The molecule has 2 atom stereocenters. The van der Waals surface area contributed by atoms with E-state index in [1.807, 2.05) is 143 Å². The summed E-state index contributed by atoms with van der Waals surface area (Å²) in [6.45, 7) is 48.4. The third-order valence-electron chi connectivity index (χ3n) is 17.0. The number of benzene rings is 2. The molecular weight excluding hydrogens is 1500 g/mol. The number of ether oxygens (including phenoxy) is 4. The van der Waals surface area contributed by atoms with Gasteiger partial charge < -0.3 is 48.5 Å². The Morgan fingerprint density at radius 3 is 1.21 bits per heavy atom. The largest absolute Gasteiger partial charge is 0.491 e. The summed E-state index contributed by atoms with van der Waals surface area (Å²) in [5.41, 5.74) is 2.15. The van der Waals surface area contributed by atoms with Crippen molar-refractivity contribution < 1.29 is 66.6 Å². The molecule has 4 amide bonds. The number of nitrogens with zero attached hydrogens (tertiary/aromatic N) is 10. The van der Waals surface area contributed by atoms with Crippen LogP contribution in [0.25, 0.3) is 33.2 Å². The third kappa shape index (κ3) is 24.8. The van der Waals surface area contributed by atoms with Gasteiger partial charge in [-0.05, 0) is 179 Å². The number of anilines is 2. The maximum Gasteiger partial charge on any atom is 0.491 e. The smallest absolute Gasteiger partial charge is 0.443 e. The van der Waals surface area contributed by atoms with E-state index in [4.69, 9.17) is 37.8 Å². The highest BCUT2D eigenvalue weighted by atomic mass is 127. The molecule has 6 aromatic heterocycles. The monoisotopic (exact) mass is 1600 g/mol. The molecule has 26 nitrogen and oxygen atoms in total. The molecule has 0 radical (unpaired) electrons. The standard InChI is InChI=1S/C38H52N6O6Si.C25H40IN3O5Si.C13H14BN3O3/c1-25(26-16-14-13-15-17-26)42-33(45)31-39-21-27(22-40-31)30-24-44(35(47)50-37(5,6)7)32-29(30)20-28(23-41-32)43(34(46)49-36(2,3)4)18-19-48-51(11,12)38(8,9)10;1-23(2,3)33-21(30)28(12-13-32-35(10,11)25(7,8)9)17-14-18-19(26)16-29(20(18)27-15-17)22(31)34-24(4,5)6;1-9(10-5-3-2-4-6-10)17-13(18)12-15-7-11(8-16-12)14(19)20/h13-17,20-25H,18-19H2,1-12H3,(H,42,45);14-16H,12-13H2,1-11H3;2-9,19-20H,1H3,(H,17,18)/t25-;;9-/m0.1/s1. The summed E-state index contributed by atoms with van der Waals surface area (Å²) in [7, 11) is -5.74. The Kier molecular flexibility index (Phi) is 28.5. The predicted octanol–water partition coefficient (Wildman–Crippen LogP) is 15.4. The van der Waals surface area contributed by atoms with Gasteiger partial charge in [-0.3, -0.25) is 19.4 Å². The second-order valence-corrected chi connectivity index (χ2v) is 43.3. The molecule has 0 fully saturated rings. The number of pyridine rings is 2. The number of rotatable bonds is 18. The van der Waals surface area contributed by atoms with E-state index in [1.165, 1.54) is 45.0 Å². The molecule has 0 aliphatic carbocycles. The van der Waals surface area contributed by atoms with Crippen LogP contribution in [0.3, 0.4) is 0 Å². The summed E-state index contributed by atoms with van der Waals surface area (Å²) < 4.78 is 39.0. The fraction of sp³-hybridized carbons (Fsp3) is 0.474. The van der Waals surface area contributed by atoms with E-state index >= 15 is 0 Å². The van der Waals surface area contributed by atoms with Gasteiger partial charge in [0.2, 0.25) is 11.6 Å². The maximum absolute atomic E-state index is 13.6. The van der Waals surface area contributed by atoms with Gasteiger partial charge in [0.05, 0.1) is 62.2 Å². The zero-order valence-corrected chi connectivity index (χ0v) is 69.9. The Hall–Kier alpha value is -8.53. The zero-order chi connectivity index (χ0) is 79.5. The first-order chi connectivity index (χ1) is 48.9. The van der Waals surface area contributed by atoms with E-state index in [0.717, 1.165) is 20.1 Å². The quantitative estimate of drug-likeness (QED) is 0.0352. The number of aromatic nitrogens is 8. The van der Waals surface area contributed by atoms with Crippen molar-refractivity contribution in [1.29, 1.82) is 0 Å². The van der Waals surface area contributed by atoms with E-state index in [1.54, 1.807) is 50.3 Å². The minimum absolute atomic E-state index is 0.00550. The second-order valence-electron chi connectivity index (χ2n) is 32.6. The van der Waals surface area contributed by atoms with Crippen LogP contribution < -0.4 is 25.9 Å². The van der Waals surface area contributed by atoms with E-state index in [2.05, 4.69) is 131 Å². The highest BCUT2D eigenvalue weighted by Crippen LogP contribution is 2.39. The van der Waals surface area contributed by atoms with Crippen molar-refractivity contribution in [3.63, 3.8) is 0 Å². The first kappa shape index (κ1) is 86.4. The Labute approximate surface area is 639 Å².